The third-order valence-electron chi connectivity index (χ3n) is 5.06. The quantitative estimate of drug-likeness (QED) is 0.873. The van der Waals surface area contributed by atoms with E-state index in [-0.39, 0.29) is 5.91 Å². The highest BCUT2D eigenvalue weighted by Gasteiger charge is 2.27. The third-order valence-corrected chi connectivity index (χ3v) is 5.06. The van der Waals surface area contributed by atoms with Crippen molar-refractivity contribution >= 4 is 5.91 Å². The molecule has 0 aliphatic carbocycles. The van der Waals surface area contributed by atoms with E-state index in [1.54, 1.807) is 0 Å². The first-order chi connectivity index (χ1) is 11.0. The molecule has 0 radical (unpaired) electrons. The van der Waals surface area contributed by atoms with E-state index >= 15 is 0 Å². The Morgan fingerprint density at radius 2 is 2.13 bits per heavy atom. The zero-order valence-corrected chi connectivity index (χ0v) is 14.5. The smallest absolute Gasteiger partial charge is 0.255 e. The lowest BCUT2D eigenvalue weighted by Crippen LogP contribution is -2.41. The van der Waals surface area contributed by atoms with Crippen LogP contribution in [0.25, 0.3) is 0 Å². The van der Waals surface area contributed by atoms with Crippen LogP contribution in [0, 0.1) is 20.8 Å². The van der Waals surface area contributed by atoms with Crippen LogP contribution in [0.4, 0.5) is 0 Å². The molecule has 1 atom stereocenters. The van der Waals surface area contributed by atoms with E-state index in [1.807, 2.05) is 37.2 Å². The number of hydrogen-bond donors (Lipinski definition) is 0. The summed E-state index contributed by atoms with van der Waals surface area (Å²) in [6, 6.07) is 2.37. The molecule has 0 N–H and O–H groups in total. The number of piperidine rings is 1. The molecule has 124 valence electrons. The summed E-state index contributed by atoms with van der Waals surface area (Å²) in [5, 5.41) is 0. The number of rotatable bonds is 3. The number of aromatic nitrogens is 3. The summed E-state index contributed by atoms with van der Waals surface area (Å²) in [5.74, 6) is 1.19. The molecule has 1 aliphatic heterocycles. The molecule has 3 rings (SSSR count). The van der Waals surface area contributed by atoms with Crippen LogP contribution in [0.3, 0.4) is 0 Å². The molecule has 5 heteroatoms. The molecule has 23 heavy (non-hydrogen) atoms. The Kier molecular flexibility index (Phi) is 4.28. The number of nitrogens with zero attached hydrogens (tertiary/aromatic N) is 4. The minimum atomic E-state index is 0.167. The molecule has 1 unspecified atom stereocenters. The second kappa shape index (κ2) is 6.22. The predicted molar refractivity (Wildman–Crippen MR) is 90.7 cm³/mol. The van der Waals surface area contributed by atoms with E-state index in [9.17, 15) is 4.79 Å². The molecular weight excluding hydrogens is 288 g/mol. The number of carbonyl (C=O) groups excluding carboxylic acids is 1. The Labute approximate surface area is 137 Å². The zero-order chi connectivity index (χ0) is 16.6. The summed E-state index contributed by atoms with van der Waals surface area (Å²) < 4.78 is 4.41. The molecule has 0 saturated carbocycles. The molecule has 5 nitrogen and oxygen atoms in total. The summed E-state index contributed by atoms with van der Waals surface area (Å²) in [4.78, 5) is 19.3. The summed E-state index contributed by atoms with van der Waals surface area (Å²) >= 11 is 0. The van der Waals surface area contributed by atoms with E-state index in [1.165, 1.54) is 0 Å². The molecular formula is C18H26N4O. The molecule has 1 amide bonds. The van der Waals surface area contributed by atoms with Gasteiger partial charge in [0.05, 0.1) is 11.6 Å². The molecule has 0 aromatic carbocycles. The molecule has 2 aromatic rings. The predicted octanol–water partition coefficient (Wildman–Crippen LogP) is 3.11. The van der Waals surface area contributed by atoms with Gasteiger partial charge in [0, 0.05) is 43.4 Å². The topological polar surface area (TPSA) is 43.1 Å². The van der Waals surface area contributed by atoms with Crippen molar-refractivity contribution in [1.82, 2.24) is 19.0 Å². The van der Waals surface area contributed by atoms with Crippen LogP contribution in [0.5, 0.6) is 0 Å². The van der Waals surface area contributed by atoms with E-state index in [4.69, 9.17) is 0 Å². The van der Waals surface area contributed by atoms with E-state index in [0.717, 1.165) is 55.3 Å². The van der Waals surface area contributed by atoms with Crippen LogP contribution in [-0.2, 0) is 6.54 Å². The van der Waals surface area contributed by atoms with Gasteiger partial charge in [0.25, 0.3) is 5.91 Å². The second-order valence-corrected chi connectivity index (χ2v) is 6.46. The Hall–Kier alpha value is -2.04. The van der Waals surface area contributed by atoms with Gasteiger partial charge in [0.15, 0.2) is 0 Å². The largest absolute Gasteiger partial charge is 0.349 e. The van der Waals surface area contributed by atoms with Crippen LogP contribution in [0.2, 0.25) is 0 Å². The first-order valence-corrected chi connectivity index (χ1v) is 8.48. The van der Waals surface area contributed by atoms with Crippen LogP contribution in [-0.4, -0.2) is 38.0 Å². The maximum atomic E-state index is 13.0. The maximum absolute atomic E-state index is 13.0. The Morgan fingerprint density at radius 1 is 1.35 bits per heavy atom. The summed E-state index contributed by atoms with van der Waals surface area (Å²) in [7, 11) is 0. The lowest BCUT2D eigenvalue weighted by molar-refractivity contribution is 0.0677. The molecule has 1 aliphatic rings. The first kappa shape index (κ1) is 15.8. The summed E-state index contributed by atoms with van der Waals surface area (Å²) in [6.45, 7) is 10.8. The summed E-state index contributed by atoms with van der Waals surface area (Å²) in [5.41, 5.74) is 3.09. The van der Waals surface area contributed by atoms with Gasteiger partial charge in [-0.3, -0.25) is 4.79 Å². The summed E-state index contributed by atoms with van der Waals surface area (Å²) in [6.07, 6.45) is 6.01. The number of likely N-dealkylation sites (tertiary alicyclic amines) is 1. The highest BCUT2D eigenvalue weighted by atomic mass is 16.2. The molecule has 2 aromatic heterocycles. The third kappa shape index (κ3) is 2.80. The van der Waals surface area contributed by atoms with Crippen molar-refractivity contribution in [2.24, 2.45) is 0 Å². The normalized spacial score (nSPS) is 18.4. The fourth-order valence-corrected chi connectivity index (χ4v) is 3.81. The van der Waals surface area contributed by atoms with Crippen molar-refractivity contribution in [1.29, 1.82) is 0 Å². The van der Waals surface area contributed by atoms with Crippen molar-refractivity contribution in [2.45, 2.75) is 53.1 Å². The number of hydrogen-bond acceptors (Lipinski definition) is 2. The van der Waals surface area contributed by atoms with Crippen LogP contribution in [0.1, 0.15) is 53.4 Å². The van der Waals surface area contributed by atoms with Gasteiger partial charge in [-0.15, -0.1) is 0 Å². The lowest BCUT2D eigenvalue weighted by atomic mass is 10.0. The van der Waals surface area contributed by atoms with E-state index in [0.29, 0.717) is 6.04 Å². The SMILES string of the molecule is CCn1c(C)cc(C(=O)N2CCCC(n3ccnc3C)C2)c1C. The average molecular weight is 314 g/mol. The van der Waals surface area contributed by atoms with Crippen molar-refractivity contribution in [3.63, 3.8) is 0 Å². The first-order valence-electron chi connectivity index (χ1n) is 8.48. The van der Waals surface area contributed by atoms with Gasteiger partial charge in [0.1, 0.15) is 5.82 Å². The molecule has 1 fully saturated rings. The van der Waals surface area contributed by atoms with Crippen molar-refractivity contribution in [3.05, 3.63) is 41.2 Å². The average Bonchev–Trinajstić information content (AvgIpc) is 3.10. The van der Waals surface area contributed by atoms with Gasteiger partial charge < -0.3 is 14.0 Å². The Balaban J connectivity index is 1.81. The van der Waals surface area contributed by atoms with Gasteiger partial charge in [-0.25, -0.2) is 4.98 Å². The van der Waals surface area contributed by atoms with Crippen molar-refractivity contribution in [2.75, 3.05) is 13.1 Å². The van der Waals surface area contributed by atoms with Gasteiger partial charge >= 0.3 is 0 Å². The van der Waals surface area contributed by atoms with Crippen LogP contribution >= 0.6 is 0 Å². The lowest BCUT2D eigenvalue weighted by Gasteiger charge is -2.34. The minimum Gasteiger partial charge on any atom is -0.349 e. The monoisotopic (exact) mass is 314 g/mol. The highest BCUT2D eigenvalue weighted by Crippen LogP contribution is 2.25. The van der Waals surface area contributed by atoms with E-state index < -0.39 is 0 Å². The van der Waals surface area contributed by atoms with Crippen LogP contribution in [0.15, 0.2) is 18.5 Å². The highest BCUT2D eigenvalue weighted by molar-refractivity contribution is 5.95. The van der Waals surface area contributed by atoms with Crippen molar-refractivity contribution < 1.29 is 4.79 Å². The van der Waals surface area contributed by atoms with Gasteiger partial charge in [-0.2, -0.15) is 0 Å². The Morgan fingerprint density at radius 3 is 2.74 bits per heavy atom. The molecule has 0 bridgehead atoms. The van der Waals surface area contributed by atoms with Gasteiger partial charge in [0.2, 0.25) is 0 Å². The second-order valence-electron chi connectivity index (χ2n) is 6.46. The Bertz CT molecular complexity index is 713. The maximum Gasteiger partial charge on any atom is 0.255 e. The number of imidazole rings is 1. The zero-order valence-electron chi connectivity index (χ0n) is 14.5. The van der Waals surface area contributed by atoms with Crippen LogP contribution < -0.4 is 0 Å². The fraction of sp³-hybridized carbons (Fsp3) is 0.556. The number of carbonyl (C=O) groups is 1. The molecule has 1 saturated heterocycles. The van der Waals surface area contributed by atoms with E-state index in [2.05, 4.69) is 28.0 Å². The fourth-order valence-electron chi connectivity index (χ4n) is 3.81. The standard InChI is InChI=1S/C18H26N4O/c1-5-21-13(2)11-17(14(21)3)18(23)20-9-6-7-16(12-20)22-10-8-19-15(22)4/h8,10-11,16H,5-7,9,12H2,1-4H3. The minimum absolute atomic E-state index is 0.167. The van der Waals surface area contributed by atoms with Gasteiger partial charge in [-0.1, -0.05) is 0 Å². The van der Waals surface area contributed by atoms with Gasteiger partial charge in [-0.05, 0) is 46.6 Å². The van der Waals surface area contributed by atoms with Crippen molar-refractivity contribution in [3.8, 4) is 0 Å². The number of aryl methyl sites for hydroxylation is 2. The molecule has 0 spiro atoms. The number of amides is 1. The molecule has 3 heterocycles.